The summed E-state index contributed by atoms with van der Waals surface area (Å²) >= 11 is 3.45. The third kappa shape index (κ3) is 1.94. The highest BCUT2D eigenvalue weighted by molar-refractivity contribution is 9.11. The minimum absolute atomic E-state index is 0.102. The van der Waals surface area contributed by atoms with Crippen LogP contribution in [0.15, 0.2) is 22.7 Å². The van der Waals surface area contributed by atoms with Crippen LogP contribution in [0.4, 0.5) is 0 Å². The van der Waals surface area contributed by atoms with Gasteiger partial charge in [0, 0.05) is 16.4 Å². The van der Waals surface area contributed by atoms with E-state index in [1.165, 1.54) is 0 Å². The highest BCUT2D eigenvalue weighted by atomic mass is 79.9. The van der Waals surface area contributed by atoms with Crippen LogP contribution < -0.4 is 5.43 Å². The molecule has 1 aliphatic carbocycles. The van der Waals surface area contributed by atoms with Gasteiger partial charge < -0.3 is 4.79 Å². The van der Waals surface area contributed by atoms with Gasteiger partial charge in [-0.2, -0.15) is 0 Å². The van der Waals surface area contributed by atoms with Crippen LogP contribution in [-0.4, -0.2) is 29.4 Å². The van der Waals surface area contributed by atoms with Crippen molar-refractivity contribution in [2.45, 2.75) is 32.0 Å². The third-order valence-electron chi connectivity index (χ3n) is 2.94. The molecule has 1 fully saturated rings. The van der Waals surface area contributed by atoms with Gasteiger partial charge in [-0.3, -0.25) is 0 Å². The predicted molar refractivity (Wildman–Crippen MR) is 63.4 cm³/mol. The summed E-state index contributed by atoms with van der Waals surface area (Å²) in [4.78, 5) is 11.0. The van der Waals surface area contributed by atoms with E-state index >= 15 is 0 Å². The maximum atomic E-state index is 11.0. The number of hydrogen-bond donors (Lipinski definition) is 1. The van der Waals surface area contributed by atoms with E-state index in [-0.39, 0.29) is 12.0 Å². The molecule has 0 bridgehead atoms. The van der Waals surface area contributed by atoms with Crippen molar-refractivity contribution >= 4 is 22.2 Å². The van der Waals surface area contributed by atoms with Gasteiger partial charge in [-0.1, -0.05) is 34.2 Å². The Balaban J connectivity index is 2.26. The van der Waals surface area contributed by atoms with Gasteiger partial charge in [0.2, 0.25) is 0 Å². The standard InChI is InChI=1S/C11H15BrN2O/c1-7(2)14-11-4-3-8(12)5-9(11)10(6-15)13-14/h3-7,9-11,13H,1-2H3. The maximum Gasteiger partial charge on any atom is 0.138 e. The van der Waals surface area contributed by atoms with Gasteiger partial charge in [-0.05, 0) is 13.8 Å². The normalized spacial score (nSPS) is 35.5. The first-order valence-corrected chi connectivity index (χ1v) is 5.98. The quantitative estimate of drug-likeness (QED) is 0.774. The largest absolute Gasteiger partial charge is 0.302 e. The molecule has 1 N–H and O–H groups in total. The average Bonchev–Trinajstić information content (AvgIpc) is 2.55. The van der Waals surface area contributed by atoms with Crippen LogP contribution in [0, 0.1) is 5.92 Å². The lowest BCUT2D eigenvalue weighted by atomic mass is 9.91. The van der Waals surface area contributed by atoms with Crippen LogP contribution in [0.5, 0.6) is 0 Å². The molecule has 3 nitrogen and oxygen atoms in total. The summed E-state index contributed by atoms with van der Waals surface area (Å²) in [5, 5.41) is 2.15. The predicted octanol–water partition coefficient (Wildman–Crippen LogP) is 1.62. The van der Waals surface area contributed by atoms with Crippen LogP contribution in [0.25, 0.3) is 0 Å². The highest BCUT2D eigenvalue weighted by Gasteiger charge is 2.40. The second-order valence-corrected chi connectivity index (χ2v) is 5.19. The van der Waals surface area contributed by atoms with E-state index in [4.69, 9.17) is 0 Å². The van der Waals surface area contributed by atoms with Gasteiger partial charge in [-0.15, -0.1) is 0 Å². The minimum atomic E-state index is -0.102. The van der Waals surface area contributed by atoms with E-state index in [0.29, 0.717) is 12.1 Å². The second-order valence-electron chi connectivity index (χ2n) is 4.27. The van der Waals surface area contributed by atoms with Crippen molar-refractivity contribution in [3.8, 4) is 0 Å². The van der Waals surface area contributed by atoms with Gasteiger partial charge in [-0.25, -0.2) is 10.4 Å². The molecule has 1 heterocycles. The fraction of sp³-hybridized carbons (Fsp3) is 0.545. The summed E-state index contributed by atoms with van der Waals surface area (Å²) in [7, 11) is 0. The average molecular weight is 271 g/mol. The summed E-state index contributed by atoms with van der Waals surface area (Å²) in [5.41, 5.74) is 3.25. The molecule has 82 valence electrons. The lowest BCUT2D eigenvalue weighted by Crippen LogP contribution is -2.44. The van der Waals surface area contributed by atoms with Crippen LogP contribution in [0.3, 0.4) is 0 Å². The molecular weight excluding hydrogens is 256 g/mol. The van der Waals surface area contributed by atoms with Gasteiger partial charge in [0.1, 0.15) is 6.29 Å². The van der Waals surface area contributed by atoms with Crippen molar-refractivity contribution in [2.75, 3.05) is 0 Å². The maximum absolute atomic E-state index is 11.0. The zero-order valence-electron chi connectivity index (χ0n) is 8.85. The van der Waals surface area contributed by atoms with Crippen LogP contribution in [0.1, 0.15) is 13.8 Å². The Labute approximate surface area is 98.3 Å². The summed E-state index contributed by atoms with van der Waals surface area (Å²) < 4.78 is 1.06. The number of carbonyl (C=O) groups excluding carboxylic acids is 1. The molecule has 4 heteroatoms. The molecule has 0 amide bonds. The fourth-order valence-electron chi connectivity index (χ4n) is 2.21. The van der Waals surface area contributed by atoms with Gasteiger partial charge in [0.15, 0.2) is 0 Å². The molecule has 0 aromatic rings. The Hall–Kier alpha value is -0.450. The lowest BCUT2D eigenvalue weighted by Gasteiger charge is -2.28. The number of rotatable bonds is 2. The number of hydrogen-bond acceptors (Lipinski definition) is 3. The molecule has 15 heavy (non-hydrogen) atoms. The number of nitrogens with one attached hydrogen (secondary N) is 1. The summed E-state index contributed by atoms with van der Waals surface area (Å²) in [6.45, 7) is 4.25. The van der Waals surface area contributed by atoms with Crippen molar-refractivity contribution in [3.05, 3.63) is 22.7 Å². The van der Waals surface area contributed by atoms with E-state index in [1.807, 2.05) is 6.08 Å². The highest BCUT2D eigenvalue weighted by Crippen LogP contribution is 2.31. The second kappa shape index (κ2) is 4.20. The zero-order chi connectivity index (χ0) is 11.0. The van der Waals surface area contributed by atoms with E-state index in [2.05, 4.69) is 52.4 Å². The fourth-order valence-corrected chi connectivity index (χ4v) is 2.67. The van der Waals surface area contributed by atoms with Gasteiger partial charge in [0.05, 0.1) is 12.1 Å². The number of halogens is 1. The van der Waals surface area contributed by atoms with Crippen molar-refractivity contribution in [3.63, 3.8) is 0 Å². The van der Waals surface area contributed by atoms with Crippen LogP contribution in [0.2, 0.25) is 0 Å². The number of nitrogens with zero attached hydrogens (tertiary/aromatic N) is 1. The molecule has 0 saturated carbocycles. The molecule has 0 aromatic carbocycles. The molecule has 2 rings (SSSR count). The van der Waals surface area contributed by atoms with Gasteiger partial charge in [0.25, 0.3) is 0 Å². The molecule has 0 spiro atoms. The molecule has 1 saturated heterocycles. The monoisotopic (exact) mass is 270 g/mol. The number of allylic oxidation sites excluding steroid dienone is 2. The van der Waals surface area contributed by atoms with Crippen LogP contribution >= 0.6 is 15.9 Å². The Morgan fingerprint density at radius 3 is 2.93 bits per heavy atom. The molecule has 3 unspecified atom stereocenters. The summed E-state index contributed by atoms with van der Waals surface area (Å²) in [6.07, 6.45) is 7.30. The molecular formula is C11H15BrN2O. The molecule has 3 atom stereocenters. The summed E-state index contributed by atoms with van der Waals surface area (Å²) in [6, 6.07) is 0.578. The first-order chi connectivity index (χ1) is 7.13. The van der Waals surface area contributed by atoms with E-state index in [0.717, 1.165) is 10.8 Å². The first kappa shape index (κ1) is 11.0. The molecule has 0 aromatic heterocycles. The Morgan fingerprint density at radius 1 is 1.60 bits per heavy atom. The zero-order valence-corrected chi connectivity index (χ0v) is 10.4. The molecule has 2 aliphatic rings. The SMILES string of the molecule is CC(C)N1NC(C=O)C2C=C(Br)C=CC21. The smallest absolute Gasteiger partial charge is 0.138 e. The van der Waals surface area contributed by atoms with Gasteiger partial charge >= 0.3 is 0 Å². The molecule has 0 radical (unpaired) electrons. The Kier molecular flexibility index (Phi) is 3.09. The van der Waals surface area contributed by atoms with E-state index in [9.17, 15) is 4.79 Å². The Bertz CT molecular complexity index is 325. The van der Waals surface area contributed by atoms with E-state index < -0.39 is 0 Å². The van der Waals surface area contributed by atoms with Crippen molar-refractivity contribution in [2.24, 2.45) is 5.92 Å². The van der Waals surface area contributed by atoms with E-state index in [1.54, 1.807) is 0 Å². The van der Waals surface area contributed by atoms with Crippen LogP contribution in [-0.2, 0) is 4.79 Å². The number of aldehydes is 1. The topological polar surface area (TPSA) is 32.3 Å². The number of carbonyl (C=O) groups is 1. The number of fused-ring (bicyclic) bond motifs is 1. The number of hydrazine groups is 1. The minimum Gasteiger partial charge on any atom is -0.302 e. The van der Waals surface area contributed by atoms with Crippen molar-refractivity contribution in [1.29, 1.82) is 0 Å². The molecule has 1 aliphatic heterocycles. The Morgan fingerprint density at radius 2 is 2.33 bits per heavy atom. The van der Waals surface area contributed by atoms with Crippen molar-refractivity contribution < 1.29 is 4.79 Å². The lowest BCUT2D eigenvalue weighted by molar-refractivity contribution is -0.110. The third-order valence-corrected chi connectivity index (χ3v) is 3.46. The van der Waals surface area contributed by atoms with Crippen molar-refractivity contribution in [1.82, 2.24) is 10.4 Å². The first-order valence-electron chi connectivity index (χ1n) is 5.19. The summed E-state index contributed by atoms with van der Waals surface area (Å²) in [5.74, 6) is 0.240.